The van der Waals surface area contributed by atoms with Crippen LogP contribution in [0.1, 0.15) is 434 Å². The molecule has 0 fully saturated rings. The zero-order valence-electron chi connectivity index (χ0n) is 67.1. The molecule has 0 aromatic heterocycles. The highest BCUT2D eigenvalue weighted by molar-refractivity contribution is 7.47. The average Bonchev–Trinajstić information content (AvgIpc) is 0.919. The maximum atomic E-state index is 13.1. The first kappa shape index (κ1) is 100. The van der Waals surface area contributed by atoms with Gasteiger partial charge < -0.3 is 33.8 Å². The fourth-order valence-electron chi connectivity index (χ4n) is 12.8. The summed E-state index contributed by atoms with van der Waals surface area (Å²) in [5, 5.41) is 10.6. The largest absolute Gasteiger partial charge is 0.472 e. The Labute approximate surface area is 626 Å². The third kappa shape index (κ3) is 76.3. The summed E-state index contributed by atoms with van der Waals surface area (Å²) in [6.45, 7) is 11.9. The van der Waals surface area contributed by atoms with Crippen LogP contribution in [-0.2, 0) is 65.4 Å². The number of hydrogen-bond donors (Lipinski definition) is 3. The zero-order valence-corrected chi connectivity index (χ0v) is 68.9. The van der Waals surface area contributed by atoms with Crippen LogP contribution in [0.15, 0.2) is 0 Å². The van der Waals surface area contributed by atoms with Crippen molar-refractivity contribution in [3.8, 4) is 0 Å². The molecule has 3 N–H and O–H groups in total. The van der Waals surface area contributed by atoms with Crippen LogP contribution in [0.3, 0.4) is 0 Å². The molecule has 2 unspecified atom stereocenters. The van der Waals surface area contributed by atoms with Gasteiger partial charge in [0.1, 0.15) is 19.3 Å². The Morgan fingerprint density at radius 2 is 0.451 bits per heavy atom. The van der Waals surface area contributed by atoms with E-state index in [1.54, 1.807) is 0 Å². The Morgan fingerprint density at radius 3 is 0.667 bits per heavy atom. The lowest BCUT2D eigenvalue weighted by atomic mass is 10.0. The summed E-state index contributed by atoms with van der Waals surface area (Å²) in [7, 11) is -9.92. The van der Waals surface area contributed by atoms with E-state index in [-0.39, 0.29) is 25.7 Å². The van der Waals surface area contributed by atoms with Gasteiger partial charge in [-0.3, -0.25) is 37.3 Å². The maximum Gasteiger partial charge on any atom is 0.472 e. The van der Waals surface area contributed by atoms with Crippen LogP contribution in [0.4, 0.5) is 0 Å². The third-order valence-electron chi connectivity index (χ3n) is 19.4. The molecule has 0 amide bonds. The van der Waals surface area contributed by atoms with Gasteiger partial charge in [-0.1, -0.05) is 382 Å². The lowest BCUT2D eigenvalue weighted by Crippen LogP contribution is -2.30. The van der Waals surface area contributed by atoms with Gasteiger partial charge >= 0.3 is 39.5 Å². The van der Waals surface area contributed by atoms with Crippen LogP contribution in [0.2, 0.25) is 0 Å². The van der Waals surface area contributed by atoms with E-state index in [4.69, 9.17) is 37.0 Å². The van der Waals surface area contributed by atoms with Gasteiger partial charge in [0.25, 0.3) is 0 Å². The molecule has 0 rings (SSSR count). The van der Waals surface area contributed by atoms with Gasteiger partial charge in [-0.2, -0.15) is 0 Å². The Balaban J connectivity index is 5.21. The number of phosphoric ester groups is 2. The minimum atomic E-state index is -4.96. The summed E-state index contributed by atoms with van der Waals surface area (Å²) in [6.07, 6.45) is 62.7. The Morgan fingerprint density at radius 1 is 0.265 bits per heavy atom. The van der Waals surface area contributed by atoms with Crippen molar-refractivity contribution in [1.82, 2.24) is 0 Å². The van der Waals surface area contributed by atoms with E-state index in [2.05, 4.69) is 48.5 Å². The molecule has 5 atom stereocenters. The Bertz CT molecular complexity index is 1970. The average molecular weight is 1490 g/mol. The highest BCUT2D eigenvalue weighted by Gasteiger charge is 2.30. The molecular formula is C83H162O17P2. The minimum Gasteiger partial charge on any atom is -0.462 e. The highest BCUT2D eigenvalue weighted by Crippen LogP contribution is 2.45. The summed E-state index contributed by atoms with van der Waals surface area (Å²) in [5.74, 6) is 0.166. The second-order valence-electron chi connectivity index (χ2n) is 31.3. The molecule has 0 spiro atoms. The Hall–Kier alpha value is -1.94. The molecule has 606 valence electrons. The van der Waals surface area contributed by atoms with E-state index < -0.39 is 97.5 Å². The van der Waals surface area contributed by atoms with Gasteiger partial charge in [-0.25, -0.2) is 9.13 Å². The first-order valence-corrected chi connectivity index (χ1v) is 45.8. The van der Waals surface area contributed by atoms with E-state index in [1.165, 1.54) is 238 Å². The fraction of sp³-hybridized carbons (Fsp3) is 0.952. The monoisotopic (exact) mass is 1490 g/mol. The molecule has 0 aromatic rings. The molecule has 0 aliphatic rings. The number of phosphoric acid groups is 2. The summed E-state index contributed by atoms with van der Waals surface area (Å²) in [4.78, 5) is 73.0. The fourth-order valence-corrected chi connectivity index (χ4v) is 14.4. The second kappa shape index (κ2) is 73.2. The van der Waals surface area contributed by atoms with E-state index in [0.717, 1.165) is 108 Å². The molecule has 102 heavy (non-hydrogen) atoms. The predicted octanol–water partition coefficient (Wildman–Crippen LogP) is 24.9. The maximum absolute atomic E-state index is 13.1. The van der Waals surface area contributed by atoms with Crippen LogP contribution in [0.5, 0.6) is 0 Å². The quantitative estimate of drug-likeness (QED) is 0.0222. The number of carbonyl (C=O) groups excluding carboxylic acids is 4. The first-order valence-electron chi connectivity index (χ1n) is 42.8. The molecule has 17 nitrogen and oxygen atoms in total. The van der Waals surface area contributed by atoms with Gasteiger partial charge in [0.05, 0.1) is 26.4 Å². The lowest BCUT2D eigenvalue weighted by Gasteiger charge is -2.21. The molecule has 0 bridgehead atoms. The number of aliphatic hydroxyl groups is 1. The van der Waals surface area contributed by atoms with Gasteiger partial charge in [0.15, 0.2) is 12.2 Å². The number of rotatable bonds is 81. The summed E-state index contributed by atoms with van der Waals surface area (Å²) >= 11 is 0. The van der Waals surface area contributed by atoms with Crippen LogP contribution in [-0.4, -0.2) is 96.7 Å². The number of esters is 4. The standard InChI is InChI=1S/C83H162O17P2/c1-8-9-10-11-12-13-14-15-16-19-23-26-32-37-42-50-57-64-80(85)93-70-78(99-82(87)66-59-52-43-38-33-27-24-21-18-17-20-22-25-30-35-40-47-54-61-74(2)3)72-97-101(89,90)95-68-77(84)69-96-102(91,92)98-73-79(71-94-81(86)65-58-51-46-45-49-56-63-76(6)7)100-83(88)67-60-53-44-39-34-29-28-31-36-41-48-55-62-75(4)5/h74-79,84H,8-73H2,1-7H3,(H,89,90)(H,91,92)/t77-,78-,79-/m1/s1. The third-order valence-corrected chi connectivity index (χ3v) is 21.3. The number of ether oxygens (including phenoxy) is 4. The van der Waals surface area contributed by atoms with Crippen LogP contribution >= 0.6 is 15.6 Å². The van der Waals surface area contributed by atoms with Crippen molar-refractivity contribution in [2.24, 2.45) is 17.8 Å². The number of carbonyl (C=O) groups is 4. The molecular weight excluding hydrogens is 1330 g/mol. The number of unbranched alkanes of at least 4 members (excludes halogenated alkanes) is 49. The molecule has 0 aliphatic heterocycles. The second-order valence-corrected chi connectivity index (χ2v) is 34.2. The molecule has 0 saturated carbocycles. The normalized spacial score (nSPS) is 13.9. The Kier molecular flexibility index (Phi) is 71.8. The van der Waals surface area contributed by atoms with Crippen molar-refractivity contribution >= 4 is 39.5 Å². The minimum absolute atomic E-state index is 0.106. The van der Waals surface area contributed by atoms with Gasteiger partial charge in [0, 0.05) is 25.7 Å². The molecule has 0 aliphatic carbocycles. The van der Waals surface area contributed by atoms with Crippen LogP contribution < -0.4 is 0 Å². The van der Waals surface area contributed by atoms with Crippen molar-refractivity contribution in [2.45, 2.75) is 452 Å². The van der Waals surface area contributed by atoms with Gasteiger partial charge in [0.2, 0.25) is 0 Å². The highest BCUT2D eigenvalue weighted by atomic mass is 31.2. The molecule has 0 saturated heterocycles. The van der Waals surface area contributed by atoms with E-state index in [1.807, 2.05) is 0 Å². The van der Waals surface area contributed by atoms with Crippen molar-refractivity contribution in [2.75, 3.05) is 39.6 Å². The van der Waals surface area contributed by atoms with Crippen LogP contribution in [0.25, 0.3) is 0 Å². The molecule has 0 aromatic carbocycles. The number of aliphatic hydroxyl groups excluding tert-OH is 1. The SMILES string of the molecule is CCCCCCCCCCCCCCCCCCCC(=O)OC[C@H](COP(=O)(O)OC[C@@H](O)COP(=O)(O)OC[C@@H](COC(=O)CCCCCCCCC(C)C)OC(=O)CCCCCCCCCCCCCCC(C)C)OC(=O)CCCCCCCCCCCCCCCCCCCCC(C)C. The summed E-state index contributed by atoms with van der Waals surface area (Å²) in [5.41, 5.74) is 0. The van der Waals surface area contributed by atoms with Crippen molar-refractivity contribution in [3.63, 3.8) is 0 Å². The lowest BCUT2D eigenvalue weighted by molar-refractivity contribution is -0.161. The van der Waals surface area contributed by atoms with E-state index >= 15 is 0 Å². The molecule has 19 heteroatoms. The molecule has 0 heterocycles. The summed E-state index contributed by atoms with van der Waals surface area (Å²) < 4.78 is 68.7. The van der Waals surface area contributed by atoms with Gasteiger partial charge in [-0.05, 0) is 43.4 Å². The predicted molar refractivity (Wildman–Crippen MR) is 418 cm³/mol. The first-order chi connectivity index (χ1) is 49.2. The number of hydrogen-bond acceptors (Lipinski definition) is 15. The van der Waals surface area contributed by atoms with E-state index in [0.29, 0.717) is 31.6 Å². The van der Waals surface area contributed by atoms with Gasteiger partial charge in [-0.15, -0.1) is 0 Å². The smallest absolute Gasteiger partial charge is 0.462 e. The van der Waals surface area contributed by atoms with Crippen LogP contribution in [0, 0.1) is 17.8 Å². The topological polar surface area (TPSA) is 237 Å². The van der Waals surface area contributed by atoms with Crippen molar-refractivity contribution < 1.29 is 80.2 Å². The molecule has 0 radical (unpaired) electrons. The van der Waals surface area contributed by atoms with Crippen molar-refractivity contribution in [1.29, 1.82) is 0 Å². The van der Waals surface area contributed by atoms with Crippen molar-refractivity contribution in [3.05, 3.63) is 0 Å². The summed E-state index contributed by atoms with van der Waals surface area (Å²) in [6, 6.07) is 0. The van der Waals surface area contributed by atoms with E-state index in [9.17, 15) is 43.2 Å². The zero-order chi connectivity index (χ0) is 75.1.